The van der Waals surface area contributed by atoms with Crippen LogP contribution < -0.4 is 5.32 Å². The summed E-state index contributed by atoms with van der Waals surface area (Å²) in [6, 6.07) is 11.5. The minimum atomic E-state index is -3.88. The average Bonchev–Trinajstić information content (AvgIpc) is 3.21. The number of methoxy groups -OCH3 is 1. The zero-order chi connectivity index (χ0) is 21.2. The third-order valence-electron chi connectivity index (χ3n) is 5.54. The largest absolute Gasteiger partial charge is 0.465 e. The van der Waals surface area contributed by atoms with Crippen molar-refractivity contribution >= 4 is 27.4 Å². The van der Waals surface area contributed by atoms with E-state index in [-0.39, 0.29) is 17.7 Å². The van der Waals surface area contributed by atoms with Crippen LogP contribution in [0, 0.1) is 13.8 Å². The van der Waals surface area contributed by atoms with Gasteiger partial charge in [0.15, 0.2) is 14.6 Å². The molecular formula is C22H25NO5S. The van der Waals surface area contributed by atoms with Gasteiger partial charge in [0, 0.05) is 5.69 Å². The van der Waals surface area contributed by atoms with Crippen LogP contribution in [0.4, 0.5) is 5.69 Å². The molecule has 3 rings (SSSR count). The minimum absolute atomic E-state index is 0.218. The number of amides is 1. The predicted octanol–water partition coefficient (Wildman–Crippen LogP) is 3.82. The van der Waals surface area contributed by atoms with Crippen LogP contribution in [0.25, 0.3) is 0 Å². The van der Waals surface area contributed by atoms with E-state index in [0.29, 0.717) is 29.7 Å². The van der Waals surface area contributed by atoms with Gasteiger partial charge in [-0.05, 0) is 68.1 Å². The van der Waals surface area contributed by atoms with Gasteiger partial charge < -0.3 is 10.1 Å². The summed E-state index contributed by atoms with van der Waals surface area (Å²) in [4.78, 5) is 25.0. The number of hydrogen-bond donors (Lipinski definition) is 1. The van der Waals surface area contributed by atoms with Gasteiger partial charge >= 0.3 is 5.97 Å². The van der Waals surface area contributed by atoms with Gasteiger partial charge in [-0.25, -0.2) is 13.2 Å². The van der Waals surface area contributed by atoms with Crippen molar-refractivity contribution in [3.63, 3.8) is 0 Å². The monoisotopic (exact) mass is 415 g/mol. The molecule has 6 nitrogen and oxygen atoms in total. The number of ether oxygens (including phenoxy) is 1. The van der Waals surface area contributed by atoms with E-state index in [0.717, 1.165) is 5.56 Å². The van der Waals surface area contributed by atoms with Gasteiger partial charge in [0.1, 0.15) is 0 Å². The van der Waals surface area contributed by atoms with Crippen LogP contribution >= 0.6 is 0 Å². The van der Waals surface area contributed by atoms with Crippen LogP contribution in [0.5, 0.6) is 0 Å². The first-order chi connectivity index (χ1) is 13.7. The van der Waals surface area contributed by atoms with Gasteiger partial charge in [-0.1, -0.05) is 25.0 Å². The molecule has 0 atom stereocenters. The average molecular weight is 416 g/mol. The van der Waals surface area contributed by atoms with Gasteiger partial charge in [0.05, 0.1) is 17.6 Å². The molecule has 0 radical (unpaired) electrons. The smallest absolute Gasteiger partial charge is 0.337 e. The third kappa shape index (κ3) is 3.79. The van der Waals surface area contributed by atoms with E-state index >= 15 is 0 Å². The van der Waals surface area contributed by atoms with Gasteiger partial charge in [-0.2, -0.15) is 0 Å². The van der Waals surface area contributed by atoms with Crippen LogP contribution in [0.1, 0.15) is 47.2 Å². The highest BCUT2D eigenvalue weighted by Crippen LogP contribution is 2.42. The molecule has 1 fully saturated rings. The number of benzene rings is 2. The zero-order valence-corrected chi connectivity index (χ0v) is 17.6. The number of carbonyl (C=O) groups excluding carboxylic acids is 2. The Balaban J connectivity index is 1.95. The molecule has 2 aromatic rings. The standard InChI is InChI=1S/C22H25NO5S/c1-15-6-7-16(2)19(14-15)29(26,27)22(12-4-5-13-22)21(25)23-18-10-8-17(9-11-18)20(24)28-3/h6-11,14H,4-5,12-13H2,1-3H3,(H,23,25). The van der Waals surface area contributed by atoms with Crippen molar-refractivity contribution in [3.05, 3.63) is 59.2 Å². The van der Waals surface area contributed by atoms with E-state index in [1.807, 2.05) is 13.0 Å². The normalized spacial score (nSPS) is 15.7. The summed E-state index contributed by atoms with van der Waals surface area (Å²) < 4.78 is 30.4. The third-order valence-corrected chi connectivity index (χ3v) is 8.18. The number of sulfone groups is 1. The maximum atomic E-state index is 13.6. The molecule has 1 saturated carbocycles. The summed E-state index contributed by atoms with van der Waals surface area (Å²) >= 11 is 0. The second kappa shape index (κ2) is 7.99. The Bertz CT molecular complexity index is 1040. The Kier molecular flexibility index (Phi) is 5.80. The maximum Gasteiger partial charge on any atom is 0.337 e. The maximum absolute atomic E-state index is 13.6. The number of carbonyl (C=O) groups is 2. The Hall–Kier alpha value is -2.67. The molecule has 0 saturated heterocycles. The van der Waals surface area contributed by atoms with Crippen LogP contribution in [-0.4, -0.2) is 32.2 Å². The van der Waals surface area contributed by atoms with E-state index < -0.39 is 26.5 Å². The van der Waals surface area contributed by atoms with E-state index in [2.05, 4.69) is 10.1 Å². The number of esters is 1. The number of hydrogen-bond acceptors (Lipinski definition) is 5. The molecule has 29 heavy (non-hydrogen) atoms. The Labute approximate surface area is 171 Å². The van der Waals surface area contributed by atoms with Crippen molar-refractivity contribution in [3.8, 4) is 0 Å². The summed E-state index contributed by atoms with van der Waals surface area (Å²) in [6.07, 6.45) is 1.93. The van der Waals surface area contributed by atoms with E-state index in [1.54, 1.807) is 31.2 Å². The molecule has 0 bridgehead atoms. The Morgan fingerprint density at radius 2 is 1.62 bits per heavy atom. The molecule has 0 heterocycles. The Morgan fingerprint density at radius 3 is 2.21 bits per heavy atom. The number of rotatable bonds is 5. The fourth-order valence-electron chi connectivity index (χ4n) is 3.82. The van der Waals surface area contributed by atoms with Gasteiger partial charge in [-0.15, -0.1) is 0 Å². The fourth-order valence-corrected chi connectivity index (χ4v) is 6.20. The molecule has 0 aromatic heterocycles. The number of nitrogens with one attached hydrogen (secondary N) is 1. The first-order valence-electron chi connectivity index (χ1n) is 9.53. The second-order valence-electron chi connectivity index (χ2n) is 7.50. The zero-order valence-electron chi connectivity index (χ0n) is 16.8. The lowest BCUT2D eigenvalue weighted by atomic mass is 10.1. The van der Waals surface area contributed by atoms with E-state index in [1.165, 1.54) is 19.2 Å². The summed E-state index contributed by atoms with van der Waals surface area (Å²) in [5, 5.41) is 2.75. The van der Waals surface area contributed by atoms with Crippen molar-refractivity contribution in [2.45, 2.75) is 49.2 Å². The highest BCUT2D eigenvalue weighted by molar-refractivity contribution is 7.93. The first-order valence-corrected chi connectivity index (χ1v) is 11.0. The van der Waals surface area contributed by atoms with Gasteiger partial charge in [0.2, 0.25) is 5.91 Å². The van der Waals surface area contributed by atoms with Crippen LogP contribution in [-0.2, 0) is 19.4 Å². The van der Waals surface area contributed by atoms with Crippen molar-refractivity contribution in [1.29, 1.82) is 0 Å². The highest BCUT2D eigenvalue weighted by Gasteiger charge is 2.53. The minimum Gasteiger partial charge on any atom is -0.465 e. The fraction of sp³-hybridized carbons (Fsp3) is 0.364. The first kappa shape index (κ1) is 21.0. The number of anilines is 1. The van der Waals surface area contributed by atoms with Crippen molar-refractivity contribution in [2.24, 2.45) is 0 Å². The molecule has 7 heteroatoms. The lowest BCUT2D eigenvalue weighted by Crippen LogP contribution is -2.47. The lowest BCUT2D eigenvalue weighted by molar-refractivity contribution is -0.118. The molecule has 1 aliphatic carbocycles. The van der Waals surface area contributed by atoms with Crippen molar-refractivity contribution in [1.82, 2.24) is 0 Å². The summed E-state index contributed by atoms with van der Waals surface area (Å²) in [6.45, 7) is 3.58. The highest BCUT2D eigenvalue weighted by atomic mass is 32.2. The summed E-state index contributed by atoms with van der Waals surface area (Å²) in [7, 11) is -2.59. The SMILES string of the molecule is COC(=O)c1ccc(NC(=O)C2(S(=O)(=O)c3cc(C)ccc3C)CCCC2)cc1. The van der Waals surface area contributed by atoms with Gasteiger partial charge in [0.25, 0.3) is 0 Å². The molecule has 1 N–H and O–H groups in total. The topological polar surface area (TPSA) is 89.5 Å². The van der Waals surface area contributed by atoms with Crippen LogP contribution in [0.2, 0.25) is 0 Å². The molecular weight excluding hydrogens is 390 g/mol. The molecule has 1 aliphatic rings. The van der Waals surface area contributed by atoms with Crippen LogP contribution in [0.15, 0.2) is 47.4 Å². The molecule has 0 unspecified atom stereocenters. The van der Waals surface area contributed by atoms with Gasteiger partial charge in [-0.3, -0.25) is 4.79 Å². The van der Waals surface area contributed by atoms with Crippen molar-refractivity contribution in [2.75, 3.05) is 12.4 Å². The molecule has 2 aromatic carbocycles. The summed E-state index contributed by atoms with van der Waals surface area (Å²) in [5.41, 5.74) is 2.26. The Morgan fingerprint density at radius 1 is 1.00 bits per heavy atom. The van der Waals surface area contributed by atoms with Crippen molar-refractivity contribution < 1.29 is 22.7 Å². The quantitative estimate of drug-likeness (QED) is 0.750. The van der Waals surface area contributed by atoms with Crippen LogP contribution in [0.3, 0.4) is 0 Å². The molecule has 0 aliphatic heterocycles. The van der Waals surface area contributed by atoms with E-state index in [4.69, 9.17) is 0 Å². The molecule has 1 amide bonds. The molecule has 154 valence electrons. The lowest BCUT2D eigenvalue weighted by Gasteiger charge is -2.28. The molecule has 0 spiro atoms. The van der Waals surface area contributed by atoms with E-state index in [9.17, 15) is 18.0 Å². The number of aryl methyl sites for hydroxylation is 2. The second-order valence-corrected chi connectivity index (χ2v) is 9.73. The summed E-state index contributed by atoms with van der Waals surface area (Å²) in [5.74, 6) is -1.01. The predicted molar refractivity (Wildman–Crippen MR) is 111 cm³/mol.